The lowest BCUT2D eigenvalue weighted by Gasteiger charge is -1.94. The van der Waals surface area contributed by atoms with E-state index in [2.05, 4.69) is 11.9 Å². The molecular formula is C6H9FN2O. The molecule has 0 aliphatic carbocycles. The summed E-state index contributed by atoms with van der Waals surface area (Å²) in [5.74, 6) is -1.08. The maximum Gasteiger partial charge on any atom is 0.220 e. The van der Waals surface area contributed by atoms with Crippen LogP contribution in [0.4, 0.5) is 4.39 Å². The molecule has 3 N–H and O–H groups in total. The molecule has 0 aliphatic heterocycles. The topological polar surface area (TPSA) is 55.1 Å². The molecule has 0 aromatic rings. The van der Waals surface area contributed by atoms with E-state index in [9.17, 15) is 9.18 Å². The van der Waals surface area contributed by atoms with Crippen LogP contribution < -0.4 is 11.1 Å². The third kappa shape index (κ3) is 3.65. The van der Waals surface area contributed by atoms with Crippen molar-refractivity contribution < 1.29 is 9.18 Å². The van der Waals surface area contributed by atoms with Crippen molar-refractivity contribution in [3.63, 3.8) is 0 Å². The van der Waals surface area contributed by atoms with Crippen LogP contribution in [0.3, 0.4) is 0 Å². The second kappa shape index (κ2) is 3.66. The van der Waals surface area contributed by atoms with E-state index in [1.807, 2.05) is 0 Å². The summed E-state index contributed by atoms with van der Waals surface area (Å²) in [4.78, 5) is 10.2. The van der Waals surface area contributed by atoms with Crippen molar-refractivity contribution >= 4 is 5.91 Å². The van der Waals surface area contributed by atoms with E-state index in [-0.39, 0.29) is 11.6 Å². The highest BCUT2D eigenvalue weighted by Crippen LogP contribution is 1.99. The number of carbonyl (C=O) groups excluding carboxylic acids is 1. The molecule has 0 atom stereocenters. The third-order valence-electron chi connectivity index (χ3n) is 0.709. The number of nitrogens with two attached hydrogens (primary N) is 1. The van der Waals surface area contributed by atoms with Gasteiger partial charge < -0.3 is 11.1 Å². The minimum atomic E-state index is -0.727. The molecule has 1 amide bonds. The van der Waals surface area contributed by atoms with E-state index >= 15 is 0 Å². The molecule has 4 heteroatoms. The van der Waals surface area contributed by atoms with Crippen LogP contribution in [-0.4, -0.2) is 5.91 Å². The van der Waals surface area contributed by atoms with Crippen LogP contribution in [0.2, 0.25) is 0 Å². The molecule has 0 rings (SSSR count). The zero-order valence-corrected chi connectivity index (χ0v) is 5.65. The second-order valence-electron chi connectivity index (χ2n) is 1.72. The Morgan fingerprint density at radius 3 is 2.60 bits per heavy atom. The van der Waals surface area contributed by atoms with E-state index in [0.29, 0.717) is 0 Å². The van der Waals surface area contributed by atoms with E-state index in [0.717, 1.165) is 6.20 Å². The molecule has 3 nitrogen and oxygen atoms in total. The molecule has 0 bridgehead atoms. The number of hydrogen-bond donors (Lipinski definition) is 2. The predicted octanol–water partition coefficient (Wildman–Crippen LogP) is 0.406. The van der Waals surface area contributed by atoms with Crippen LogP contribution >= 0.6 is 0 Å². The van der Waals surface area contributed by atoms with Gasteiger partial charge in [-0.1, -0.05) is 6.58 Å². The van der Waals surface area contributed by atoms with Crippen molar-refractivity contribution in [3.05, 3.63) is 24.3 Å². The van der Waals surface area contributed by atoms with Gasteiger partial charge in [-0.05, 0) is 0 Å². The summed E-state index contributed by atoms with van der Waals surface area (Å²) >= 11 is 0. The van der Waals surface area contributed by atoms with Crippen molar-refractivity contribution in [2.75, 3.05) is 0 Å². The van der Waals surface area contributed by atoms with Gasteiger partial charge in [0.1, 0.15) is 0 Å². The SMILES string of the molecule is C=C(N)/C(F)=C\NC(C)=O. The van der Waals surface area contributed by atoms with Crippen LogP contribution in [0.5, 0.6) is 0 Å². The van der Waals surface area contributed by atoms with Gasteiger partial charge >= 0.3 is 0 Å². The first-order chi connectivity index (χ1) is 4.54. The number of amides is 1. The van der Waals surface area contributed by atoms with Crippen LogP contribution in [0.15, 0.2) is 24.3 Å². The van der Waals surface area contributed by atoms with Crippen LogP contribution in [0, 0.1) is 0 Å². The highest BCUT2D eigenvalue weighted by atomic mass is 19.1. The molecule has 0 aliphatic rings. The Kier molecular flexibility index (Phi) is 3.17. The molecule has 0 spiro atoms. The van der Waals surface area contributed by atoms with Gasteiger partial charge in [0.15, 0.2) is 5.83 Å². The van der Waals surface area contributed by atoms with E-state index in [1.165, 1.54) is 6.92 Å². The van der Waals surface area contributed by atoms with Gasteiger partial charge in [-0.15, -0.1) is 0 Å². The first-order valence-electron chi connectivity index (χ1n) is 2.61. The Morgan fingerprint density at radius 2 is 2.30 bits per heavy atom. The van der Waals surface area contributed by atoms with Gasteiger partial charge in [-0.3, -0.25) is 4.79 Å². The standard InChI is InChI=1S/C6H9FN2O/c1-4(8)6(7)3-9-5(2)10/h3H,1,8H2,2H3,(H,9,10)/b6-3+. The minimum absolute atomic E-state index is 0.200. The summed E-state index contributed by atoms with van der Waals surface area (Å²) in [6.07, 6.45) is 0.866. The zero-order valence-electron chi connectivity index (χ0n) is 5.65. The molecule has 0 radical (unpaired) electrons. The maximum atomic E-state index is 12.3. The molecule has 0 saturated carbocycles. The average Bonchev–Trinajstić information content (AvgIpc) is 1.82. The molecule has 0 aromatic carbocycles. The smallest absolute Gasteiger partial charge is 0.220 e. The van der Waals surface area contributed by atoms with Crippen molar-refractivity contribution in [2.45, 2.75) is 6.92 Å². The van der Waals surface area contributed by atoms with Gasteiger partial charge in [0.2, 0.25) is 5.91 Å². The normalized spacial score (nSPS) is 10.8. The average molecular weight is 144 g/mol. The highest BCUT2D eigenvalue weighted by Gasteiger charge is 1.94. The molecular weight excluding hydrogens is 135 g/mol. The number of nitrogens with one attached hydrogen (secondary N) is 1. The van der Waals surface area contributed by atoms with Gasteiger partial charge in [-0.25, -0.2) is 4.39 Å². The number of halogens is 1. The Balaban J connectivity index is 3.92. The molecule has 56 valence electrons. The van der Waals surface area contributed by atoms with Gasteiger partial charge in [0.05, 0.1) is 5.70 Å². The Hall–Kier alpha value is -1.32. The fourth-order valence-electron chi connectivity index (χ4n) is 0.258. The summed E-state index contributed by atoms with van der Waals surface area (Å²) in [5.41, 5.74) is 4.73. The van der Waals surface area contributed by atoms with E-state index in [1.54, 1.807) is 0 Å². The second-order valence-corrected chi connectivity index (χ2v) is 1.72. The van der Waals surface area contributed by atoms with Gasteiger partial charge in [-0.2, -0.15) is 0 Å². The fourth-order valence-corrected chi connectivity index (χ4v) is 0.258. The zero-order chi connectivity index (χ0) is 8.15. The monoisotopic (exact) mass is 144 g/mol. The Morgan fingerprint density at radius 1 is 1.80 bits per heavy atom. The molecule has 0 heterocycles. The number of carbonyl (C=O) groups is 1. The van der Waals surface area contributed by atoms with Gasteiger partial charge in [0.25, 0.3) is 0 Å². The molecule has 0 aromatic heterocycles. The highest BCUT2D eigenvalue weighted by molar-refractivity contribution is 5.74. The summed E-state index contributed by atoms with van der Waals surface area (Å²) < 4.78 is 12.3. The van der Waals surface area contributed by atoms with Crippen molar-refractivity contribution in [1.29, 1.82) is 0 Å². The van der Waals surface area contributed by atoms with Crippen molar-refractivity contribution in [3.8, 4) is 0 Å². The fraction of sp³-hybridized carbons (Fsp3) is 0.167. The molecule has 0 saturated heterocycles. The maximum absolute atomic E-state index is 12.3. The van der Waals surface area contributed by atoms with E-state index in [4.69, 9.17) is 5.73 Å². The summed E-state index contributed by atoms with van der Waals surface area (Å²) in [6, 6.07) is 0. The van der Waals surface area contributed by atoms with Gasteiger partial charge in [0, 0.05) is 13.1 Å². The Labute approximate surface area is 58.4 Å². The van der Waals surface area contributed by atoms with Crippen LogP contribution in [0.1, 0.15) is 6.92 Å². The summed E-state index contributed by atoms with van der Waals surface area (Å²) in [6.45, 7) is 4.38. The predicted molar refractivity (Wildman–Crippen MR) is 36.3 cm³/mol. The first kappa shape index (κ1) is 8.68. The third-order valence-corrected chi connectivity index (χ3v) is 0.709. The number of allylic oxidation sites excluding steroid dienone is 1. The summed E-state index contributed by atoms with van der Waals surface area (Å²) in [5, 5.41) is 2.11. The lowest BCUT2D eigenvalue weighted by atomic mass is 10.4. The van der Waals surface area contributed by atoms with Crippen molar-refractivity contribution in [1.82, 2.24) is 5.32 Å². The Bertz CT molecular complexity index is 186. The molecule has 0 unspecified atom stereocenters. The summed E-state index contributed by atoms with van der Waals surface area (Å²) in [7, 11) is 0. The first-order valence-corrected chi connectivity index (χ1v) is 2.61. The number of rotatable bonds is 2. The largest absolute Gasteiger partial charge is 0.397 e. The van der Waals surface area contributed by atoms with Crippen LogP contribution in [-0.2, 0) is 4.79 Å². The van der Waals surface area contributed by atoms with E-state index < -0.39 is 5.83 Å². The van der Waals surface area contributed by atoms with Crippen molar-refractivity contribution in [2.24, 2.45) is 5.73 Å². The number of hydrogen-bond acceptors (Lipinski definition) is 2. The quantitative estimate of drug-likeness (QED) is 0.551. The lowest BCUT2D eigenvalue weighted by molar-refractivity contribution is -0.118. The minimum Gasteiger partial charge on any atom is -0.397 e. The molecule has 10 heavy (non-hydrogen) atoms. The molecule has 0 fully saturated rings. The lowest BCUT2D eigenvalue weighted by Crippen LogP contribution is -2.13. The van der Waals surface area contributed by atoms with Crippen LogP contribution in [0.25, 0.3) is 0 Å².